The van der Waals surface area contributed by atoms with Crippen molar-refractivity contribution < 1.29 is 4.42 Å². The number of aryl methyl sites for hydroxylation is 1. The minimum Gasteiger partial charge on any atom is -0.446 e. The van der Waals surface area contributed by atoms with Crippen LogP contribution >= 0.6 is 0 Å². The molecule has 0 saturated heterocycles. The molecule has 1 aromatic heterocycles. The van der Waals surface area contributed by atoms with Gasteiger partial charge >= 0.3 is 0 Å². The minimum absolute atomic E-state index is 0.297. The van der Waals surface area contributed by atoms with Crippen molar-refractivity contribution in [3.8, 4) is 0 Å². The summed E-state index contributed by atoms with van der Waals surface area (Å²) in [5, 5.41) is 0. The van der Waals surface area contributed by atoms with E-state index < -0.39 is 0 Å². The Balaban J connectivity index is 2.80. The summed E-state index contributed by atoms with van der Waals surface area (Å²) in [7, 11) is 0. The van der Waals surface area contributed by atoms with Crippen molar-refractivity contribution in [2.75, 3.05) is 6.54 Å². The van der Waals surface area contributed by atoms with Crippen LogP contribution in [0.5, 0.6) is 0 Å². The summed E-state index contributed by atoms with van der Waals surface area (Å²) in [5.74, 6) is 2.42. The number of oxazole rings is 1. The molecule has 3 heteroatoms. The Labute approximate surface area is 73.0 Å². The van der Waals surface area contributed by atoms with Crippen LogP contribution in [0.15, 0.2) is 10.6 Å². The Morgan fingerprint density at radius 1 is 1.58 bits per heavy atom. The molecule has 0 saturated carbocycles. The third-order valence-corrected chi connectivity index (χ3v) is 2.06. The number of nitrogens with two attached hydrogens (primary N) is 1. The average Bonchev–Trinajstić information content (AvgIpc) is 2.37. The van der Waals surface area contributed by atoms with Gasteiger partial charge in [-0.15, -0.1) is 0 Å². The molecular weight excluding hydrogens is 152 g/mol. The van der Waals surface area contributed by atoms with Crippen molar-refractivity contribution in [2.45, 2.75) is 26.7 Å². The quantitative estimate of drug-likeness (QED) is 0.747. The van der Waals surface area contributed by atoms with E-state index in [0.29, 0.717) is 24.3 Å². The van der Waals surface area contributed by atoms with Crippen molar-refractivity contribution in [1.82, 2.24) is 4.98 Å². The second-order valence-corrected chi connectivity index (χ2v) is 3.37. The smallest absolute Gasteiger partial charge is 0.191 e. The molecule has 0 fully saturated rings. The zero-order chi connectivity index (χ0) is 9.14. The predicted molar refractivity (Wildman–Crippen MR) is 47.9 cm³/mol. The number of aromatic nitrogens is 1. The molecular formula is C9H16N2O. The summed E-state index contributed by atoms with van der Waals surface area (Å²) >= 11 is 0. The van der Waals surface area contributed by atoms with E-state index in [4.69, 9.17) is 10.2 Å². The summed E-state index contributed by atoms with van der Waals surface area (Å²) in [6, 6.07) is 0. The lowest BCUT2D eigenvalue weighted by Crippen LogP contribution is -2.17. The molecule has 1 unspecified atom stereocenters. The van der Waals surface area contributed by atoms with Gasteiger partial charge in [0.2, 0.25) is 0 Å². The topological polar surface area (TPSA) is 52.0 Å². The van der Waals surface area contributed by atoms with E-state index in [2.05, 4.69) is 18.8 Å². The lowest BCUT2D eigenvalue weighted by atomic mass is 9.94. The van der Waals surface area contributed by atoms with Crippen molar-refractivity contribution in [3.05, 3.63) is 17.8 Å². The maximum atomic E-state index is 5.63. The molecule has 0 amide bonds. The molecule has 0 bridgehead atoms. The monoisotopic (exact) mass is 168 g/mol. The number of hydrogen-bond acceptors (Lipinski definition) is 3. The van der Waals surface area contributed by atoms with Crippen molar-refractivity contribution in [2.24, 2.45) is 11.7 Å². The fourth-order valence-electron chi connectivity index (χ4n) is 1.27. The normalized spacial score (nSPS) is 13.8. The van der Waals surface area contributed by atoms with Crippen LogP contribution in [-0.2, 0) is 0 Å². The SMILES string of the molecule is Cc1ncc(C(CN)C(C)C)o1. The first-order valence-corrected chi connectivity index (χ1v) is 4.27. The highest BCUT2D eigenvalue weighted by atomic mass is 16.4. The molecule has 0 radical (unpaired) electrons. The molecule has 0 spiro atoms. The van der Waals surface area contributed by atoms with Gasteiger partial charge in [0.05, 0.1) is 6.20 Å². The first-order valence-electron chi connectivity index (χ1n) is 4.27. The Morgan fingerprint density at radius 3 is 2.58 bits per heavy atom. The highest BCUT2D eigenvalue weighted by molar-refractivity contribution is 5.02. The van der Waals surface area contributed by atoms with E-state index in [0.717, 1.165) is 5.76 Å². The maximum absolute atomic E-state index is 5.63. The Bertz CT molecular complexity index is 242. The van der Waals surface area contributed by atoms with Gasteiger partial charge in [-0.25, -0.2) is 4.98 Å². The second-order valence-electron chi connectivity index (χ2n) is 3.37. The Hall–Kier alpha value is -0.830. The van der Waals surface area contributed by atoms with E-state index in [1.54, 1.807) is 6.20 Å². The van der Waals surface area contributed by atoms with Crippen LogP contribution in [0.4, 0.5) is 0 Å². The van der Waals surface area contributed by atoms with Gasteiger partial charge in [0.1, 0.15) is 5.76 Å². The van der Waals surface area contributed by atoms with E-state index in [1.807, 2.05) is 6.92 Å². The van der Waals surface area contributed by atoms with Gasteiger partial charge < -0.3 is 10.2 Å². The molecule has 1 rings (SSSR count). The first-order chi connectivity index (χ1) is 5.65. The van der Waals surface area contributed by atoms with E-state index >= 15 is 0 Å². The average molecular weight is 168 g/mol. The zero-order valence-corrected chi connectivity index (χ0v) is 7.87. The number of hydrogen-bond donors (Lipinski definition) is 1. The van der Waals surface area contributed by atoms with Gasteiger partial charge in [-0.05, 0) is 5.92 Å². The lowest BCUT2D eigenvalue weighted by molar-refractivity contribution is 0.387. The molecule has 0 aliphatic carbocycles. The molecule has 0 aliphatic heterocycles. The molecule has 1 atom stereocenters. The van der Waals surface area contributed by atoms with Crippen molar-refractivity contribution in [1.29, 1.82) is 0 Å². The molecule has 3 nitrogen and oxygen atoms in total. The summed E-state index contributed by atoms with van der Waals surface area (Å²) in [4.78, 5) is 4.05. The molecule has 0 aliphatic rings. The Kier molecular flexibility index (Phi) is 2.87. The van der Waals surface area contributed by atoms with Crippen LogP contribution in [0.3, 0.4) is 0 Å². The summed E-state index contributed by atoms with van der Waals surface area (Å²) < 4.78 is 5.41. The van der Waals surface area contributed by atoms with Crippen LogP contribution < -0.4 is 5.73 Å². The third-order valence-electron chi connectivity index (χ3n) is 2.06. The summed E-state index contributed by atoms with van der Waals surface area (Å²) in [6.07, 6.45) is 1.77. The highest BCUT2D eigenvalue weighted by Gasteiger charge is 2.17. The second kappa shape index (κ2) is 3.72. The van der Waals surface area contributed by atoms with Crippen LogP contribution in [0.2, 0.25) is 0 Å². The van der Waals surface area contributed by atoms with Gasteiger partial charge in [0.15, 0.2) is 5.89 Å². The van der Waals surface area contributed by atoms with Crippen molar-refractivity contribution in [3.63, 3.8) is 0 Å². The standard InChI is InChI=1S/C9H16N2O/c1-6(2)8(4-10)9-5-11-7(3)12-9/h5-6,8H,4,10H2,1-3H3. The van der Waals surface area contributed by atoms with Crippen molar-refractivity contribution >= 4 is 0 Å². The molecule has 1 aromatic rings. The van der Waals surface area contributed by atoms with Crippen LogP contribution in [-0.4, -0.2) is 11.5 Å². The van der Waals surface area contributed by atoms with E-state index in [9.17, 15) is 0 Å². The minimum atomic E-state index is 0.297. The van der Waals surface area contributed by atoms with Crippen LogP contribution in [0, 0.1) is 12.8 Å². The fourth-order valence-corrected chi connectivity index (χ4v) is 1.27. The van der Waals surface area contributed by atoms with E-state index in [-0.39, 0.29) is 0 Å². The maximum Gasteiger partial charge on any atom is 0.191 e. The van der Waals surface area contributed by atoms with Gasteiger partial charge in [-0.1, -0.05) is 13.8 Å². The first kappa shape index (κ1) is 9.26. The van der Waals surface area contributed by atoms with Crippen LogP contribution in [0.1, 0.15) is 31.4 Å². The largest absolute Gasteiger partial charge is 0.446 e. The summed E-state index contributed by atoms with van der Waals surface area (Å²) in [5.41, 5.74) is 5.63. The third kappa shape index (κ3) is 1.85. The fraction of sp³-hybridized carbons (Fsp3) is 0.667. The Morgan fingerprint density at radius 2 is 2.25 bits per heavy atom. The molecule has 0 aromatic carbocycles. The van der Waals surface area contributed by atoms with Gasteiger partial charge in [0.25, 0.3) is 0 Å². The summed E-state index contributed by atoms with van der Waals surface area (Å²) in [6.45, 7) is 6.73. The molecule has 68 valence electrons. The van der Waals surface area contributed by atoms with E-state index in [1.165, 1.54) is 0 Å². The van der Waals surface area contributed by atoms with Gasteiger partial charge in [-0.2, -0.15) is 0 Å². The van der Waals surface area contributed by atoms with Gasteiger partial charge in [-0.3, -0.25) is 0 Å². The number of rotatable bonds is 3. The lowest BCUT2D eigenvalue weighted by Gasteiger charge is -2.14. The molecule has 12 heavy (non-hydrogen) atoms. The zero-order valence-electron chi connectivity index (χ0n) is 7.87. The molecule has 2 N–H and O–H groups in total. The van der Waals surface area contributed by atoms with Crippen LogP contribution in [0.25, 0.3) is 0 Å². The van der Waals surface area contributed by atoms with Gasteiger partial charge in [0, 0.05) is 19.4 Å². The number of nitrogens with zero attached hydrogens (tertiary/aromatic N) is 1. The highest BCUT2D eigenvalue weighted by Crippen LogP contribution is 2.23. The molecule has 1 heterocycles. The predicted octanol–water partition coefficient (Wildman–Crippen LogP) is 1.68.